The van der Waals surface area contributed by atoms with Gasteiger partial charge in [-0.2, -0.15) is 4.31 Å². The first-order valence-electron chi connectivity index (χ1n) is 9.69. The molecule has 0 bridgehead atoms. The van der Waals surface area contributed by atoms with Gasteiger partial charge in [0.05, 0.1) is 4.90 Å². The molecule has 2 atom stereocenters. The summed E-state index contributed by atoms with van der Waals surface area (Å²) in [6.07, 6.45) is 2.87. The second-order valence-electron chi connectivity index (χ2n) is 7.58. The number of nitrogens with zero attached hydrogens (tertiary/aromatic N) is 2. The quantitative estimate of drug-likeness (QED) is 0.726. The third-order valence-corrected chi connectivity index (χ3v) is 6.69. The van der Waals surface area contributed by atoms with Gasteiger partial charge in [-0.25, -0.2) is 8.42 Å². The minimum absolute atomic E-state index is 0.0298. The monoisotopic (exact) mass is 380 g/mol. The van der Waals surface area contributed by atoms with E-state index in [0.29, 0.717) is 30.5 Å². The minimum Gasteiger partial charge on any atom is -0.339 e. The number of piperidine rings is 1. The van der Waals surface area contributed by atoms with Crippen LogP contribution in [0.25, 0.3) is 0 Å². The largest absolute Gasteiger partial charge is 0.339 e. The van der Waals surface area contributed by atoms with E-state index in [0.717, 1.165) is 32.4 Å². The van der Waals surface area contributed by atoms with Gasteiger partial charge in [0.2, 0.25) is 10.0 Å². The van der Waals surface area contributed by atoms with Crippen molar-refractivity contribution >= 4 is 15.9 Å². The zero-order chi connectivity index (χ0) is 19.3. The van der Waals surface area contributed by atoms with Crippen molar-refractivity contribution in [3.05, 3.63) is 29.8 Å². The molecule has 6 heteroatoms. The Balaban J connectivity index is 2.18. The molecule has 0 radical (unpaired) electrons. The highest BCUT2D eigenvalue weighted by atomic mass is 32.2. The molecular weight excluding hydrogens is 348 g/mol. The van der Waals surface area contributed by atoms with Crippen LogP contribution in [-0.2, 0) is 10.0 Å². The minimum atomic E-state index is -3.50. The van der Waals surface area contributed by atoms with Crippen molar-refractivity contribution in [1.82, 2.24) is 9.21 Å². The highest BCUT2D eigenvalue weighted by molar-refractivity contribution is 7.89. The Bertz CT molecular complexity index is 684. The van der Waals surface area contributed by atoms with Crippen LogP contribution in [0.2, 0.25) is 0 Å². The van der Waals surface area contributed by atoms with Crippen LogP contribution < -0.4 is 0 Å². The van der Waals surface area contributed by atoms with E-state index in [1.807, 2.05) is 18.7 Å². The van der Waals surface area contributed by atoms with Crippen molar-refractivity contribution in [2.45, 2.75) is 51.9 Å². The maximum Gasteiger partial charge on any atom is 0.253 e. The molecule has 5 nitrogen and oxygen atoms in total. The second kappa shape index (κ2) is 9.00. The number of hydrogen-bond donors (Lipinski definition) is 0. The van der Waals surface area contributed by atoms with Crippen LogP contribution in [0.4, 0.5) is 0 Å². The Labute approximate surface area is 158 Å². The van der Waals surface area contributed by atoms with Crippen molar-refractivity contribution in [1.29, 1.82) is 0 Å². The number of carbonyl (C=O) groups is 1. The van der Waals surface area contributed by atoms with E-state index in [1.165, 1.54) is 0 Å². The maximum absolute atomic E-state index is 12.9. The standard InChI is InChI=1S/C20H32N2O3S/c1-5-11-21(12-6-2)20(23)18-7-9-19(10-8-18)26(24,25)22-14-16(3)13-17(4)15-22/h7-10,16-17H,5-6,11-15H2,1-4H3. The number of hydrogen-bond acceptors (Lipinski definition) is 3. The number of carbonyl (C=O) groups excluding carboxylic acids is 1. The van der Waals surface area contributed by atoms with Crippen LogP contribution in [0.3, 0.4) is 0 Å². The zero-order valence-corrected chi connectivity index (χ0v) is 17.3. The molecule has 1 heterocycles. The Hall–Kier alpha value is -1.40. The molecule has 1 saturated heterocycles. The highest BCUT2D eigenvalue weighted by Gasteiger charge is 2.31. The molecule has 0 spiro atoms. The van der Waals surface area contributed by atoms with Gasteiger partial charge in [-0.05, 0) is 55.4 Å². The Morgan fingerprint density at radius 2 is 1.54 bits per heavy atom. The molecule has 1 aliphatic rings. The lowest BCUT2D eigenvalue weighted by molar-refractivity contribution is 0.0755. The number of amides is 1. The van der Waals surface area contributed by atoms with Gasteiger partial charge >= 0.3 is 0 Å². The van der Waals surface area contributed by atoms with Crippen LogP contribution >= 0.6 is 0 Å². The fourth-order valence-electron chi connectivity index (χ4n) is 3.76. The van der Waals surface area contributed by atoms with Crippen molar-refractivity contribution in [3.63, 3.8) is 0 Å². The number of rotatable bonds is 7. The van der Waals surface area contributed by atoms with Crippen LogP contribution in [0.15, 0.2) is 29.2 Å². The summed E-state index contributed by atoms with van der Waals surface area (Å²) in [5, 5.41) is 0. The van der Waals surface area contributed by atoms with Crippen LogP contribution in [0, 0.1) is 11.8 Å². The maximum atomic E-state index is 12.9. The number of benzene rings is 1. The third kappa shape index (κ3) is 4.86. The van der Waals surface area contributed by atoms with Gasteiger partial charge in [0.1, 0.15) is 0 Å². The fourth-order valence-corrected chi connectivity index (χ4v) is 5.44. The molecule has 2 rings (SSSR count). The molecule has 0 N–H and O–H groups in total. The normalized spacial score (nSPS) is 21.5. The van der Waals surface area contributed by atoms with E-state index in [1.54, 1.807) is 28.6 Å². The first-order valence-corrected chi connectivity index (χ1v) is 11.1. The molecule has 1 aromatic carbocycles. The molecule has 1 aromatic rings. The van der Waals surface area contributed by atoms with Crippen molar-refractivity contribution in [2.24, 2.45) is 11.8 Å². The molecule has 1 aliphatic heterocycles. The summed E-state index contributed by atoms with van der Waals surface area (Å²) in [5.41, 5.74) is 0.547. The molecule has 0 saturated carbocycles. The van der Waals surface area contributed by atoms with E-state index in [-0.39, 0.29) is 10.8 Å². The lowest BCUT2D eigenvalue weighted by Crippen LogP contribution is -2.42. The summed E-state index contributed by atoms with van der Waals surface area (Å²) in [6.45, 7) is 10.8. The van der Waals surface area contributed by atoms with Gasteiger partial charge in [-0.15, -0.1) is 0 Å². The molecule has 2 unspecified atom stereocenters. The van der Waals surface area contributed by atoms with Crippen LogP contribution in [-0.4, -0.2) is 49.7 Å². The Kier molecular flexibility index (Phi) is 7.24. The Morgan fingerprint density at radius 1 is 1.04 bits per heavy atom. The van der Waals surface area contributed by atoms with Gasteiger partial charge < -0.3 is 4.90 Å². The first-order chi connectivity index (χ1) is 12.3. The van der Waals surface area contributed by atoms with Crippen molar-refractivity contribution in [2.75, 3.05) is 26.2 Å². The van der Waals surface area contributed by atoms with Crippen LogP contribution in [0.5, 0.6) is 0 Å². The molecule has 1 amide bonds. The second-order valence-corrected chi connectivity index (χ2v) is 9.52. The van der Waals surface area contributed by atoms with E-state index < -0.39 is 10.0 Å². The summed E-state index contributed by atoms with van der Waals surface area (Å²) < 4.78 is 27.4. The molecule has 0 aliphatic carbocycles. The number of sulfonamides is 1. The van der Waals surface area contributed by atoms with E-state index >= 15 is 0 Å². The summed E-state index contributed by atoms with van der Waals surface area (Å²) in [7, 11) is -3.50. The van der Waals surface area contributed by atoms with E-state index in [4.69, 9.17) is 0 Å². The SMILES string of the molecule is CCCN(CCC)C(=O)c1ccc(S(=O)(=O)N2CC(C)CC(C)C2)cc1. The van der Waals surface area contributed by atoms with Gasteiger partial charge in [0, 0.05) is 31.7 Å². The average molecular weight is 381 g/mol. The fraction of sp³-hybridized carbons (Fsp3) is 0.650. The molecular formula is C20H32N2O3S. The van der Waals surface area contributed by atoms with E-state index in [9.17, 15) is 13.2 Å². The summed E-state index contributed by atoms with van der Waals surface area (Å²) in [4.78, 5) is 14.7. The Morgan fingerprint density at radius 3 is 2.00 bits per heavy atom. The highest BCUT2D eigenvalue weighted by Crippen LogP contribution is 2.26. The van der Waals surface area contributed by atoms with Gasteiger partial charge in [0.25, 0.3) is 5.91 Å². The predicted molar refractivity (Wildman–Crippen MR) is 105 cm³/mol. The summed E-state index contributed by atoms with van der Waals surface area (Å²) in [5.74, 6) is 0.704. The summed E-state index contributed by atoms with van der Waals surface area (Å²) >= 11 is 0. The average Bonchev–Trinajstić information content (AvgIpc) is 2.60. The third-order valence-electron chi connectivity index (χ3n) is 4.85. The molecule has 0 aromatic heterocycles. The van der Waals surface area contributed by atoms with Crippen LogP contribution in [0.1, 0.15) is 57.3 Å². The molecule has 146 valence electrons. The zero-order valence-electron chi connectivity index (χ0n) is 16.4. The molecule has 1 fully saturated rings. The van der Waals surface area contributed by atoms with E-state index in [2.05, 4.69) is 13.8 Å². The van der Waals surface area contributed by atoms with Gasteiger partial charge in [-0.3, -0.25) is 4.79 Å². The predicted octanol–water partition coefficient (Wildman–Crippen LogP) is 3.62. The van der Waals surface area contributed by atoms with Gasteiger partial charge in [0.15, 0.2) is 0 Å². The van der Waals surface area contributed by atoms with Crippen molar-refractivity contribution < 1.29 is 13.2 Å². The topological polar surface area (TPSA) is 57.7 Å². The smallest absolute Gasteiger partial charge is 0.253 e. The first kappa shape index (κ1) is 20.9. The summed E-state index contributed by atoms with van der Waals surface area (Å²) in [6, 6.07) is 6.43. The lowest BCUT2D eigenvalue weighted by Gasteiger charge is -2.34. The lowest BCUT2D eigenvalue weighted by atomic mass is 9.94. The van der Waals surface area contributed by atoms with Gasteiger partial charge in [-0.1, -0.05) is 27.7 Å². The molecule has 26 heavy (non-hydrogen) atoms. The van der Waals surface area contributed by atoms with Crippen molar-refractivity contribution in [3.8, 4) is 0 Å².